The van der Waals surface area contributed by atoms with Crippen LogP contribution >= 0.6 is 0 Å². The molecule has 0 aliphatic carbocycles. The van der Waals surface area contributed by atoms with E-state index < -0.39 is 17.6 Å². The molecule has 0 saturated carbocycles. The molecule has 0 aromatic heterocycles. The van der Waals surface area contributed by atoms with E-state index in [1.54, 1.807) is 13.3 Å². The number of benzene rings is 1. The molecule has 0 aliphatic heterocycles. The van der Waals surface area contributed by atoms with Crippen molar-refractivity contribution in [3.8, 4) is 0 Å². The Labute approximate surface area is 150 Å². The van der Waals surface area contributed by atoms with E-state index in [9.17, 15) is 4.79 Å². The largest absolute Gasteiger partial charge is 0.459 e. The van der Waals surface area contributed by atoms with Crippen LogP contribution in [-0.2, 0) is 20.7 Å². The van der Waals surface area contributed by atoms with Crippen LogP contribution in [0.5, 0.6) is 0 Å². The second kappa shape index (κ2) is 9.44. The molecule has 1 aromatic carbocycles. The van der Waals surface area contributed by atoms with Crippen molar-refractivity contribution in [3.63, 3.8) is 0 Å². The van der Waals surface area contributed by atoms with Crippen LogP contribution in [0.15, 0.2) is 34.3 Å². The minimum Gasteiger partial charge on any atom is -0.459 e. The lowest BCUT2D eigenvalue weighted by Gasteiger charge is -2.22. The zero-order valence-electron chi connectivity index (χ0n) is 15.9. The third-order valence-electron chi connectivity index (χ3n) is 3.27. The van der Waals surface area contributed by atoms with Crippen molar-refractivity contribution in [3.05, 3.63) is 35.4 Å². The topological polar surface area (TPSA) is 86.3 Å². The molecule has 6 nitrogen and oxygen atoms in total. The molecule has 1 aromatic rings. The highest BCUT2D eigenvalue weighted by molar-refractivity contribution is 6.02. The van der Waals surface area contributed by atoms with Gasteiger partial charge >= 0.3 is 5.97 Å². The summed E-state index contributed by atoms with van der Waals surface area (Å²) in [6, 6.07) is 6.95. The number of methoxy groups -OCH3 is 1. The predicted molar refractivity (Wildman–Crippen MR) is 101 cm³/mol. The summed E-state index contributed by atoms with van der Waals surface area (Å²) >= 11 is 0. The van der Waals surface area contributed by atoms with Gasteiger partial charge in [-0.3, -0.25) is 4.79 Å². The van der Waals surface area contributed by atoms with Gasteiger partial charge in [-0.2, -0.15) is 0 Å². The van der Waals surface area contributed by atoms with Crippen LogP contribution in [0.1, 0.15) is 45.7 Å². The highest BCUT2D eigenvalue weighted by atomic mass is 16.6. The minimum atomic E-state index is -0.694. The number of hydrogen-bond donors (Lipinski definition) is 1. The number of aliphatic imine (C=N–C) groups is 2. The van der Waals surface area contributed by atoms with E-state index in [-0.39, 0.29) is 6.23 Å². The van der Waals surface area contributed by atoms with Crippen LogP contribution in [0, 0.1) is 0 Å². The Hall–Kier alpha value is -2.05. The fourth-order valence-electron chi connectivity index (χ4n) is 2.03. The van der Waals surface area contributed by atoms with Crippen LogP contribution in [0.4, 0.5) is 0 Å². The summed E-state index contributed by atoms with van der Waals surface area (Å²) in [4.78, 5) is 20.7. The molecule has 0 heterocycles. The second-order valence-corrected chi connectivity index (χ2v) is 6.72. The lowest BCUT2D eigenvalue weighted by atomic mass is 10.0. The van der Waals surface area contributed by atoms with E-state index in [1.165, 1.54) is 0 Å². The van der Waals surface area contributed by atoms with Gasteiger partial charge < -0.3 is 15.2 Å². The fourth-order valence-corrected chi connectivity index (χ4v) is 2.03. The molecule has 0 radical (unpaired) electrons. The van der Waals surface area contributed by atoms with Crippen molar-refractivity contribution >= 4 is 18.0 Å². The van der Waals surface area contributed by atoms with Gasteiger partial charge in [-0.05, 0) is 46.6 Å². The number of esters is 1. The van der Waals surface area contributed by atoms with E-state index in [0.717, 1.165) is 11.1 Å². The van der Waals surface area contributed by atoms with Crippen molar-refractivity contribution in [1.29, 1.82) is 0 Å². The molecule has 0 aliphatic rings. The number of nitrogens with zero attached hydrogens (tertiary/aromatic N) is 2. The number of hydrogen-bond acceptors (Lipinski definition) is 5. The van der Waals surface area contributed by atoms with E-state index >= 15 is 0 Å². The van der Waals surface area contributed by atoms with Crippen LogP contribution in [0.2, 0.25) is 0 Å². The van der Waals surface area contributed by atoms with Gasteiger partial charge in [-0.1, -0.05) is 24.3 Å². The second-order valence-electron chi connectivity index (χ2n) is 6.72. The SMILES string of the molecule is C/C=N\C(=N/C(C)OC)c1ccc(C[C@H](N)C(=O)OC(C)(C)C)cc1. The number of rotatable bonds is 6. The van der Waals surface area contributed by atoms with Crippen molar-refractivity contribution in [2.45, 2.75) is 58.9 Å². The maximum absolute atomic E-state index is 12.0. The first-order valence-corrected chi connectivity index (χ1v) is 8.33. The molecule has 2 atom stereocenters. The third-order valence-corrected chi connectivity index (χ3v) is 3.27. The van der Waals surface area contributed by atoms with Crippen LogP contribution < -0.4 is 5.73 Å². The maximum Gasteiger partial charge on any atom is 0.323 e. The summed E-state index contributed by atoms with van der Waals surface area (Å²) in [7, 11) is 1.60. The van der Waals surface area contributed by atoms with Crippen molar-refractivity contribution in [2.24, 2.45) is 15.7 Å². The van der Waals surface area contributed by atoms with E-state index in [4.69, 9.17) is 15.2 Å². The molecule has 0 fully saturated rings. The van der Waals surface area contributed by atoms with E-state index in [1.807, 2.05) is 58.9 Å². The average molecular weight is 347 g/mol. The minimum absolute atomic E-state index is 0.279. The van der Waals surface area contributed by atoms with Gasteiger partial charge in [-0.15, -0.1) is 0 Å². The first-order chi connectivity index (χ1) is 11.7. The number of amidine groups is 1. The van der Waals surface area contributed by atoms with Crippen LogP contribution in [0.3, 0.4) is 0 Å². The van der Waals surface area contributed by atoms with Crippen LogP contribution in [-0.4, -0.2) is 43.0 Å². The Kier molecular flexibility index (Phi) is 7.93. The summed E-state index contributed by atoms with van der Waals surface area (Å²) in [6.07, 6.45) is 1.82. The number of ether oxygens (including phenoxy) is 2. The quantitative estimate of drug-likeness (QED) is 0.487. The van der Waals surface area contributed by atoms with Gasteiger partial charge in [0, 0.05) is 18.9 Å². The number of carbonyl (C=O) groups excluding carboxylic acids is 1. The van der Waals surface area contributed by atoms with E-state index in [2.05, 4.69) is 9.98 Å². The molecule has 0 amide bonds. The molecule has 0 bridgehead atoms. The molecule has 138 valence electrons. The van der Waals surface area contributed by atoms with Gasteiger partial charge in [0.15, 0.2) is 5.84 Å². The first-order valence-electron chi connectivity index (χ1n) is 8.33. The summed E-state index contributed by atoms with van der Waals surface area (Å²) in [5, 5.41) is 0. The monoisotopic (exact) mass is 347 g/mol. The Morgan fingerprint density at radius 1 is 1.28 bits per heavy atom. The fraction of sp³-hybridized carbons (Fsp3) is 0.526. The normalized spacial score (nSPS) is 15.2. The summed E-state index contributed by atoms with van der Waals surface area (Å²) < 4.78 is 10.5. The van der Waals surface area contributed by atoms with Gasteiger partial charge in [0.1, 0.15) is 17.9 Å². The molecule has 0 spiro atoms. The highest BCUT2D eigenvalue weighted by Gasteiger charge is 2.22. The Morgan fingerprint density at radius 3 is 2.36 bits per heavy atom. The Bertz CT molecular complexity index is 616. The predicted octanol–water partition coefficient (Wildman–Crippen LogP) is 2.73. The smallest absolute Gasteiger partial charge is 0.323 e. The van der Waals surface area contributed by atoms with Crippen molar-refractivity contribution in [1.82, 2.24) is 0 Å². The van der Waals surface area contributed by atoms with E-state index in [0.29, 0.717) is 12.3 Å². The lowest BCUT2D eigenvalue weighted by Crippen LogP contribution is -2.38. The molecule has 1 rings (SSSR count). The molecule has 25 heavy (non-hydrogen) atoms. The zero-order valence-corrected chi connectivity index (χ0v) is 15.9. The summed E-state index contributed by atoms with van der Waals surface area (Å²) in [5.74, 6) is 0.197. The van der Waals surface area contributed by atoms with Crippen molar-refractivity contribution in [2.75, 3.05) is 7.11 Å². The van der Waals surface area contributed by atoms with Gasteiger partial charge in [0.2, 0.25) is 0 Å². The first kappa shape index (κ1) is 21.0. The lowest BCUT2D eigenvalue weighted by molar-refractivity contribution is -0.156. The summed E-state index contributed by atoms with van der Waals surface area (Å²) in [6.45, 7) is 9.15. The number of carbonyl (C=O) groups is 1. The molecule has 2 N–H and O–H groups in total. The van der Waals surface area contributed by atoms with Gasteiger partial charge in [-0.25, -0.2) is 9.98 Å². The molecular formula is C19H29N3O3. The molecule has 0 saturated heterocycles. The molecular weight excluding hydrogens is 318 g/mol. The van der Waals surface area contributed by atoms with Gasteiger partial charge in [0.05, 0.1) is 0 Å². The Balaban J connectivity index is 2.84. The van der Waals surface area contributed by atoms with Crippen LogP contribution in [0.25, 0.3) is 0 Å². The standard InChI is InChI=1S/C19H29N3O3/c1-7-21-17(22-13(2)24-6)15-10-8-14(9-11-15)12-16(20)18(23)25-19(3,4)5/h7-11,13,16H,12,20H2,1-6H3/b21-7-,22-17-/t13?,16-/m0/s1. The average Bonchev–Trinajstić information content (AvgIpc) is 2.53. The molecule has 6 heteroatoms. The van der Waals surface area contributed by atoms with Crippen molar-refractivity contribution < 1.29 is 14.3 Å². The zero-order chi connectivity index (χ0) is 19.0. The molecule has 1 unspecified atom stereocenters. The Morgan fingerprint density at radius 2 is 1.88 bits per heavy atom. The third kappa shape index (κ3) is 7.58. The van der Waals surface area contributed by atoms with Gasteiger partial charge in [0.25, 0.3) is 0 Å². The highest BCUT2D eigenvalue weighted by Crippen LogP contribution is 2.12. The number of nitrogens with two attached hydrogens (primary N) is 1. The maximum atomic E-state index is 12.0. The summed E-state index contributed by atoms with van der Waals surface area (Å²) in [5.41, 5.74) is 7.22.